The lowest BCUT2D eigenvalue weighted by atomic mass is 10.0. The summed E-state index contributed by atoms with van der Waals surface area (Å²) in [6, 6.07) is 4.71. The van der Waals surface area contributed by atoms with Gasteiger partial charge in [-0.15, -0.1) is 11.8 Å². The number of hydrogen-bond acceptors (Lipinski definition) is 10. The molecule has 12 heteroatoms. The first-order chi connectivity index (χ1) is 20.5. The maximum absolute atomic E-state index is 14.1. The first kappa shape index (κ1) is 26.8. The number of halogens is 1. The lowest BCUT2D eigenvalue weighted by Crippen LogP contribution is -2.52. The summed E-state index contributed by atoms with van der Waals surface area (Å²) in [4.78, 5) is 31.4. The fourth-order valence-electron chi connectivity index (χ4n) is 7.38. The molecule has 2 bridgehead atoms. The standard InChI is InChI=1S/C30H35ClN8O2S/c1-2-36-5-7-37(8-6-36)14-19-16-42-28-26(22-15-41-24-11-33-25(32)10-20(22)24)23(31)9-21-27(28)39(19)30(40)35-29(21)38-12-17-3-4-18(13-38)34-17/h9-11,15,17-19,34H,2-8,12-14,16H2,1H3,(H2,32,33)/t17?,18?,19-/m0/s1. The molecule has 220 valence electrons. The van der Waals surface area contributed by atoms with Gasteiger partial charge < -0.3 is 25.3 Å². The van der Waals surface area contributed by atoms with Crippen molar-refractivity contribution < 1.29 is 4.42 Å². The minimum Gasteiger partial charge on any atom is -0.462 e. The summed E-state index contributed by atoms with van der Waals surface area (Å²) in [7, 11) is 0. The number of furan rings is 1. The van der Waals surface area contributed by atoms with Crippen molar-refractivity contribution in [3.05, 3.63) is 40.1 Å². The quantitative estimate of drug-likeness (QED) is 0.349. The van der Waals surface area contributed by atoms with Crippen molar-refractivity contribution in [3.8, 4) is 11.1 Å². The molecule has 3 saturated heterocycles. The number of rotatable bonds is 5. The van der Waals surface area contributed by atoms with Gasteiger partial charge in [-0.05, 0) is 31.5 Å². The van der Waals surface area contributed by atoms with Crippen LogP contribution in [0.4, 0.5) is 11.6 Å². The zero-order valence-corrected chi connectivity index (χ0v) is 25.3. The minimum atomic E-state index is -0.180. The van der Waals surface area contributed by atoms with Crippen LogP contribution in [0, 0.1) is 0 Å². The van der Waals surface area contributed by atoms with Gasteiger partial charge in [0.1, 0.15) is 11.6 Å². The second kappa shape index (κ2) is 10.4. The van der Waals surface area contributed by atoms with Crippen molar-refractivity contribution in [1.29, 1.82) is 0 Å². The van der Waals surface area contributed by atoms with Crippen molar-refractivity contribution in [3.63, 3.8) is 0 Å². The van der Waals surface area contributed by atoms with Gasteiger partial charge in [-0.2, -0.15) is 4.98 Å². The van der Waals surface area contributed by atoms with Gasteiger partial charge in [0.2, 0.25) is 0 Å². The molecule has 3 fully saturated rings. The summed E-state index contributed by atoms with van der Waals surface area (Å²) < 4.78 is 7.86. The van der Waals surface area contributed by atoms with Crippen LogP contribution in [0.25, 0.3) is 33.0 Å². The van der Waals surface area contributed by atoms with Crippen molar-refractivity contribution in [2.24, 2.45) is 0 Å². The Morgan fingerprint density at radius 3 is 2.64 bits per heavy atom. The highest BCUT2D eigenvalue weighted by atomic mass is 35.5. The summed E-state index contributed by atoms with van der Waals surface area (Å²) in [6.45, 7) is 9.95. The molecule has 4 aliphatic rings. The number of anilines is 2. The Hall–Kier alpha value is -2.83. The number of likely N-dealkylation sites (N-methyl/N-ethyl adjacent to an activating group) is 1. The maximum Gasteiger partial charge on any atom is 0.350 e. The first-order valence-electron chi connectivity index (χ1n) is 15.0. The molecular formula is C30H35ClN8O2S. The van der Waals surface area contributed by atoms with E-state index in [2.05, 4.69) is 31.9 Å². The van der Waals surface area contributed by atoms with Gasteiger partial charge in [0.05, 0.1) is 29.0 Å². The zero-order chi connectivity index (χ0) is 28.5. The molecule has 0 radical (unpaired) electrons. The van der Waals surface area contributed by atoms with E-state index in [9.17, 15) is 4.79 Å². The number of benzene rings is 1. The smallest absolute Gasteiger partial charge is 0.350 e. The molecular weight excluding hydrogens is 572 g/mol. The first-order valence-corrected chi connectivity index (χ1v) is 16.3. The summed E-state index contributed by atoms with van der Waals surface area (Å²) >= 11 is 8.96. The molecule has 10 nitrogen and oxygen atoms in total. The number of nitrogens with zero attached hydrogens (tertiary/aromatic N) is 6. The fraction of sp³-hybridized carbons (Fsp3) is 0.500. The molecule has 7 heterocycles. The molecule has 4 aromatic rings. The van der Waals surface area contributed by atoms with Crippen LogP contribution >= 0.6 is 23.4 Å². The van der Waals surface area contributed by atoms with Gasteiger partial charge >= 0.3 is 5.69 Å². The predicted octanol–water partition coefficient (Wildman–Crippen LogP) is 3.67. The Kier molecular flexibility index (Phi) is 6.64. The second-order valence-electron chi connectivity index (χ2n) is 12.0. The molecule has 4 aliphatic heterocycles. The monoisotopic (exact) mass is 606 g/mol. The van der Waals surface area contributed by atoms with Crippen molar-refractivity contribution in [2.45, 2.75) is 42.8 Å². The highest BCUT2D eigenvalue weighted by molar-refractivity contribution is 7.99. The minimum absolute atomic E-state index is 0.0152. The molecule has 1 aromatic carbocycles. The Morgan fingerprint density at radius 2 is 1.88 bits per heavy atom. The van der Waals surface area contributed by atoms with E-state index in [-0.39, 0.29) is 11.7 Å². The Balaban J connectivity index is 1.30. The SMILES string of the molecule is CCN1CCN(C[C@H]2CSc3c(-c4coc5cnc(N)cc45)c(Cl)cc4c(N5CC6CCC(C5)N6)nc(=O)n2c34)CC1. The summed E-state index contributed by atoms with van der Waals surface area (Å²) in [5, 5.41) is 6.12. The van der Waals surface area contributed by atoms with Gasteiger partial charge in [0, 0.05) is 90.4 Å². The zero-order valence-electron chi connectivity index (χ0n) is 23.7. The molecule has 0 amide bonds. The third-order valence-electron chi connectivity index (χ3n) is 9.53. The van der Waals surface area contributed by atoms with Gasteiger partial charge in [0.25, 0.3) is 0 Å². The molecule has 3 atom stereocenters. The normalized spacial score (nSPS) is 24.7. The number of nitrogen functional groups attached to an aromatic ring is 1. The Morgan fingerprint density at radius 1 is 1.12 bits per heavy atom. The predicted molar refractivity (Wildman–Crippen MR) is 169 cm³/mol. The van der Waals surface area contributed by atoms with Crippen LogP contribution in [0.5, 0.6) is 0 Å². The number of nitrogens with one attached hydrogen (secondary N) is 1. The van der Waals surface area contributed by atoms with E-state index >= 15 is 0 Å². The van der Waals surface area contributed by atoms with Crippen molar-refractivity contribution in [2.75, 3.05) is 68.7 Å². The van der Waals surface area contributed by atoms with E-state index in [0.29, 0.717) is 28.5 Å². The van der Waals surface area contributed by atoms with Gasteiger partial charge in [-0.1, -0.05) is 18.5 Å². The van der Waals surface area contributed by atoms with E-state index in [1.807, 2.05) is 16.7 Å². The number of piperazine rings is 2. The van der Waals surface area contributed by atoms with E-state index < -0.39 is 0 Å². The van der Waals surface area contributed by atoms with Crippen molar-refractivity contribution >= 4 is 56.9 Å². The van der Waals surface area contributed by atoms with E-state index in [4.69, 9.17) is 26.7 Å². The van der Waals surface area contributed by atoms with Gasteiger partial charge in [-0.25, -0.2) is 9.78 Å². The Labute approximate surface area is 253 Å². The molecule has 3 N–H and O–H groups in total. The number of nitrogens with two attached hydrogens (primary N) is 1. The van der Waals surface area contributed by atoms with Gasteiger partial charge in [-0.3, -0.25) is 9.47 Å². The number of aromatic nitrogens is 3. The average Bonchev–Trinajstić information content (AvgIpc) is 3.56. The average molecular weight is 607 g/mol. The molecule has 0 saturated carbocycles. The topological polar surface area (TPSA) is 109 Å². The Bertz CT molecular complexity index is 1740. The van der Waals surface area contributed by atoms with E-state index in [1.54, 1.807) is 24.2 Å². The highest BCUT2D eigenvalue weighted by Gasteiger charge is 2.36. The molecule has 8 rings (SSSR count). The lowest BCUT2D eigenvalue weighted by molar-refractivity contribution is 0.126. The maximum atomic E-state index is 14.1. The highest BCUT2D eigenvalue weighted by Crippen LogP contribution is 2.49. The third kappa shape index (κ3) is 4.40. The number of hydrogen-bond donors (Lipinski definition) is 2. The van der Waals surface area contributed by atoms with Gasteiger partial charge in [0.15, 0.2) is 5.58 Å². The molecule has 42 heavy (non-hydrogen) atoms. The third-order valence-corrected chi connectivity index (χ3v) is 11.1. The van der Waals surface area contributed by atoms with Crippen LogP contribution in [0.2, 0.25) is 5.02 Å². The summed E-state index contributed by atoms with van der Waals surface area (Å²) in [5.41, 5.74) is 9.21. The fourth-order valence-corrected chi connectivity index (χ4v) is 9.07. The number of thioether (sulfide) groups is 1. The molecule has 0 aliphatic carbocycles. The van der Waals surface area contributed by atoms with Crippen LogP contribution in [0.1, 0.15) is 25.8 Å². The summed E-state index contributed by atoms with van der Waals surface area (Å²) in [6.07, 6.45) is 5.68. The number of fused-ring (bicyclic) bond motifs is 3. The lowest BCUT2D eigenvalue weighted by Gasteiger charge is -2.38. The summed E-state index contributed by atoms with van der Waals surface area (Å²) in [5.74, 6) is 1.94. The van der Waals surface area contributed by atoms with E-state index in [1.165, 1.54) is 0 Å². The molecule has 2 unspecified atom stereocenters. The molecule has 3 aromatic heterocycles. The van der Waals surface area contributed by atoms with Crippen LogP contribution in [0.3, 0.4) is 0 Å². The van der Waals surface area contributed by atoms with Crippen LogP contribution in [-0.2, 0) is 0 Å². The van der Waals surface area contributed by atoms with Crippen LogP contribution in [0.15, 0.2) is 38.7 Å². The van der Waals surface area contributed by atoms with Crippen molar-refractivity contribution in [1.82, 2.24) is 29.7 Å². The number of pyridine rings is 1. The van der Waals surface area contributed by atoms with E-state index in [0.717, 1.165) is 109 Å². The second-order valence-corrected chi connectivity index (χ2v) is 13.5. The molecule has 0 spiro atoms. The largest absolute Gasteiger partial charge is 0.462 e. The van der Waals surface area contributed by atoms with Crippen LogP contribution < -0.4 is 21.6 Å². The van der Waals surface area contributed by atoms with Crippen LogP contribution in [-0.4, -0.2) is 94.5 Å².